The summed E-state index contributed by atoms with van der Waals surface area (Å²) >= 11 is 0. The predicted octanol–water partition coefficient (Wildman–Crippen LogP) is 1.56. The van der Waals surface area contributed by atoms with Gasteiger partial charge < -0.3 is 28.4 Å². The molecule has 3 fully saturated rings. The largest absolute Gasteiger partial charge is 0.368 e. The normalized spacial score (nSPS) is 29.3. The predicted molar refractivity (Wildman–Crippen MR) is 135 cm³/mol. The lowest BCUT2D eigenvalue weighted by atomic mass is 9.99. The van der Waals surface area contributed by atoms with E-state index < -0.39 is 52.4 Å². The molecule has 5 rings (SSSR count). The molecule has 0 bridgehead atoms. The molecule has 0 radical (unpaired) electrons. The molecule has 39 heavy (non-hydrogen) atoms. The Morgan fingerprint density at radius 3 is 2.44 bits per heavy atom. The van der Waals surface area contributed by atoms with E-state index in [2.05, 4.69) is 5.21 Å². The smallest absolute Gasteiger partial charge is 0.267 e. The minimum Gasteiger partial charge on any atom is -0.368 e. The number of hydrogen-bond donors (Lipinski definition) is 0. The van der Waals surface area contributed by atoms with E-state index in [1.165, 1.54) is 0 Å². The summed E-state index contributed by atoms with van der Waals surface area (Å²) in [7, 11) is -1.99. The van der Waals surface area contributed by atoms with Crippen LogP contribution in [0.15, 0.2) is 36.5 Å². The fourth-order valence-corrected chi connectivity index (χ4v) is 6.00. The molecule has 0 saturated carbocycles. The van der Waals surface area contributed by atoms with Gasteiger partial charge in [-0.1, -0.05) is 30.3 Å². The van der Waals surface area contributed by atoms with E-state index in [9.17, 15) is 8.42 Å². The molecular weight excluding hydrogens is 530 g/mol. The van der Waals surface area contributed by atoms with Crippen LogP contribution in [0.3, 0.4) is 0 Å². The van der Waals surface area contributed by atoms with Crippen LogP contribution in [0.4, 0.5) is 0 Å². The van der Waals surface area contributed by atoms with Gasteiger partial charge in [-0.3, -0.25) is 4.18 Å². The molecular formula is C26H38N3O9S+. The van der Waals surface area contributed by atoms with Gasteiger partial charge in [-0.25, -0.2) is 0 Å². The van der Waals surface area contributed by atoms with E-state index in [4.69, 9.17) is 32.6 Å². The maximum Gasteiger partial charge on any atom is 0.267 e. The fraction of sp³-hybridized carbons (Fsp3) is 0.692. The molecule has 13 heteroatoms. The van der Waals surface area contributed by atoms with Crippen molar-refractivity contribution in [1.82, 2.24) is 9.90 Å². The van der Waals surface area contributed by atoms with Crippen molar-refractivity contribution in [2.75, 3.05) is 12.4 Å². The maximum atomic E-state index is 12.7. The van der Waals surface area contributed by atoms with Gasteiger partial charge in [0.15, 0.2) is 29.8 Å². The molecule has 1 aromatic heterocycles. The van der Waals surface area contributed by atoms with E-state index in [-0.39, 0.29) is 12.4 Å². The lowest BCUT2D eigenvalue weighted by Crippen LogP contribution is -2.56. The van der Waals surface area contributed by atoms with Crippen molar-refractivity contribution in [3.05, 3.63) is 47.8 Å². The number of fused-ring (bicyclic) bond motifs is 3. The summed E-state index contributed by atoms with van der Waals surface area (Å²) in [5.74, 6) is -1.89. The standard InChI is InChI=1S/C26H38N3O9S/c1-25(2)35-21-20(34-24-23(22(21)36-25)37-26(3,4)38-24)17-33-39(30,31)13-9-12-29-14-19(28(5)27-29)16-32-15-18-10-7-6-8-11-18/h6-8,10-11,14,20-24H,9,12-13,15-17H2,1-5H3/q+1. The van der Waals surface area contributed by atoms with Gasteiger partial charge in [0.1, 0.15) is 44.6 Å². The molecule has 0 spiro atoms. The second kappa shape index (κ2) is 11.1. The van der Waals surface area contributed by atoms with Gasteiger partial charge in [0.05, 0.1) is 24.2 Å². The number of ether oxygens (including phenoxy) is 6. The van der Waals surface area contributed by atoms with E-state index in [0.29, 0.717) is 26.2 Å². The molecule has 0 N–H and O–H groups in total. The van der Waals surface area contributed by atoms with Crippen LogP contribution in [0, 0.1) is 0 Å². The number of benzene rings is 1. The minimum absolute atomic E-state index is 0.168. The summed E-state index contributed by atoms with van der Waals surface area (Å²) in [6.07, 6.45) is -0.730. The Balaban J connectivity index is 1.10. The van der Waals surface area contributed by atoms with Crippen molar-refractivity contribution in [3.63, 3.8) is 0 Å². The zero-order valence-electron chi connectivity index (χ0n) is 23.0. The van der Waals surface area contributed by atoms with Crippen molar-refractivity contribution in [2.45, 2.75) is 96.2 Å². The van der Waals surface area contributed by atoms with Crippen LogP contribution < -0.4 is 4.68 Å². The second-order valence-electron chi connectivity index (χ2n) is 11.0. The summed E-state index contributed by atoms with van der Waals surface area (Å²) in [6.45, 7) is 8.28. The highest BCUT2D eigenvalue weighted by atomic mass is 32.2. The molecule has 4 heterocycles. The molecule has 5 atom stereocenters. The average Bonchev–Trinajstić information content (AvgIpc) is 3.48. The Bertz CT molecular complexity index is 1230. The van der Waals surface area contributed by atoms with Crippen LogP contribution in [0.1, 0.15) is 45.4 Å². The Morgan fingerprint density at radius 2 is 1.67 bits per heavy atom. The molecule has 3 aliphatic rings. The molecule has 12 nitrogen and oxygen atoms in total. The molecule has 1 aromatic carbocycles. The summed E-state index contributed by atoms with van der Waals surface area (Å²) in [6, 6.07) is 9.93. The second-order valence-corrected chi connectivity index (χ2v) is 12.7. The third kappa shape index (κ3) is 7.03. The van der Waals surface area contributed by atoms with Crippen molar-refractivity contribution < 1.29 is 45.7 Å². The van der Waals surface area contributed by atoms with Crippen LogP contribution in [-0.2, 0) is 69.5 Å². The molecule has 0 aliphatic carbocycles. The maximum absolute atomic E-state index is 12.7. The van der Waals surface area contributed by atoms with Crippen LogP contribution in [0.5, 0.6) is 0 Å². The third-order valence-corrected chi connectivity index (χ3v) is 8.05. The van der Waals surface area contributed by atoms with Crippen molar-refractivity contribution in [2.24, 2.45) is 7.05 Å². The first kappa shape index (κ1) is 28.6. The van der Waals surface area contributed by atoms with Crippen molar-refractivity contribution in [1.29, 1.82) is 0 Å². The number of aryl methyl sites for hydroxylation is 2. The van der Waals surface area contributed by atoms with Crippen LogP contribution in [-0.4, -0.2) is 73.0 Å². The fourth-order valence-electron chi connectivity index (χ4n) is 5.06. The lowest BCUT2D eigenvalue weighted by Gasteiger charge is -2.36. The number of aromatic nitrogens is 3. The Hall–Kier alpha value is -1.97. The monoisotopic (exact) mass is 568 g/mol. The van der Waals surface area contributed by atoms with Gasteiger partial charge >= 0.3 is 0 Å². The van der Waals surface area contributed by atoms with E-state index in [1.54, 1.807) is 37.1 Å². The van der Waals surface area contributed by atoms with Gasteiger partial charge in [-0.15, -0.1) is 9.36 Å². The van der Waals surface area contributed by atoms with Gasteiger partial charge in [-0.05, 0) is 33.3 Å². The molecule has 0 amide bonds. The highest BCUT2D eigenvalue weighted by molar-refractivity contribution is 7.86. The first-order chi connectivity index (χ1) is 18.4. The van der Waals surface area contributed by atoms with E-state index >= 15 is 0 Å². The average molecular weight is 569 g/mol. The zero-order chi connectivity index (χ0) is 27.8. The summed E-state index contributed by atoms with van der Waals surface area (Å²) < 4.78 is 69.9. The Morgan fingerprint density at radius 1 is 0.974 bits per heavy atom. The summed E-state index contributed by atoms with van der Waals surface area (Å²) in [5.41, 5.74) is 1.98. The first-order valence-corrected chi connectivity index (χ1v) is 14.8. The SMILES string of the molecule is Cn1n[n+](CCCS(=O)(=O)OCC2OC3OC(C)(C)OC3C3OC(C)(C)OC23)cc1COCc1ccccc1. The van der Waals surface area contributed by atoms with Crippen LogP contribution in [0.25, 0.3) is 0 Å². The molecule has 3 aliphatic heterocycles. The highest BCUT2D eigenvalue weighted by Crippen LogP contribution is 2.44. The lowest BCUT2D eigenvalue weighted by molar-refractivity contribution is -0.755. The topological polar surface area (TPSA) is 120 Å². The van der Waals surface area contributed by atoms with Gasteiger partial charge in [-0.2, -0.15) is 8.42 Å². The number of rotatable bonds is 11. The highest BCUT2D eigenvalue weighted by Gasteiger charge is 2.60. The Kier molecular flexibility index (Phi) is 8.15. The summed E-state index contributed by atoms with van der Waals surface area (Å²) in [4.78, 5) is 0. The number of nitrogens with zero attached hydrogens (tertiary/aromatic N) is 3. The summed E-state index contributed by atoms with van der Waals surface area (Å²) in [5, 5.41) is 4.41. The molecule has 216 valence electrons. The zero-order valence-corrected chi connectivity index (χ0v) is 23.8. The van der Waals surface area contributed by atoms with Crippen LogP contribution >= 0.6 is 0 Å². The molecule has 2 aromatic rings. The van der Waals surface area contributed by atoms with E-state index in [0.717, 1.165) is 11.3 Å². The van der Waals surface area contributed by atoms with Gasteiger partial charge in [0.2, 0.25) is 0 Å². The van der Waals surface area contributed by atoms with Gasteiger partial charge in [0.25, 0.3) is 10.1 Å². The first-order valence-electron chi connectivity index (χ1n) is 13.2. The molecule has 3 saturated heterocycles. The third-order valence-electron chi connectivity index (χ3n) is 6.77. The van der Waals surface area contributed by atoms with E-state index in [1.807, 2.05) is 43.6 Å². The van der Waals surface area contributed by atoms with Gasteiger partial charge in [0, 0.05) is 6.42 Å². The quantitative estimate of drug-likeness (QED) is 0.292. The van der Waals surface area contributed by atoms with Crippen LogP contribution in [0.2, 0.25) is 0 Å². The van der Waals surface area contributed by atoms with Crippen molar-refractivity contribution in [3.8, 4) is 0 Å². The Labute approximate surface area is 229 Å². The molecule has 5 unspecified atom stereocenters. The van der Waals surface area contributed by atoms with Crippen molar-refractivity contribution >= 4 is 10.1 Å². The number of hydrogen-bond acceptors (Lipinski definition) is 10. The minimum atomic E-state index is -3.82.